The molecule has 0 aromatic rings. The summed E-state index contributed by atoms with van der Waals surface area (Å²) in [6.07, 6.45) is 69.6. The molecule has 1 unspecified atom stereocenters. The zero-order valence-corrected chi connectivity index (χ0v) is 42.2. The van der Waals surface area contributed by atoms with Gasteiger partial charge in [-0.1, -0.05) is 253 Å². The molecule has 0 heterocycles. The van der Waals surface area contributed by atoms with Gasteiger partial charge in [0.1, 0.15) is 13.2 Å². The first-order valence-electron chi connectivity index (χ1n) is 26.8. The number of esters is 3. The first-order chi connectivity index (χ1) is 32.0. The molecule has 0 bridgehead atoms. The largest absolute Gasteiger partial charge is 0.462 e. The Balaban J connectivity index is 4.48. The van der Waals surface area contributed by atoms with Crippen LogP contribution in [0.4, 0.5) is 0 Å². The predicted molar refractivity (Wildman–Crippen MR) is 279 cm³/mol. The minimum atomic E-state index is -0.798. The van der Waals surface area contributed by atoms with Gasteiger partial charge in [-0.2, -0.15) is 0 Å². The molecule has 6 heteroatoms. The molecule has 0 aliphatic carbocycles. The highest BCUT2D eigenvalue weighted by molar-refractivity contribution is 5.71. The highest BCUT2D eigenvalue weighted by Crippen LogP contribution is 2.15. The van der Waals surface area contributed by atoms with Crippen LogP contribution < -0.4 is 0 Å². The molecule has 0 fully saturated rings. The maximum atomic E-state index is 12.8. The summed E-state index contributed by atoms with van der Waals surface area (Å²) in [7, 11) is 0. The zero-order valence-electron chi connectivity index (χ0n) is 42.2. The first kappa shape index (κ1) is 61.3. The summed E-state index contributed by atoms with van der Waals surface area (Å²) in [5, 5.41) is 0. The topological polar surface area (TPSA) is 78.9 Å². The van der Waals surface area contributed by atoms with Crippen LogP contribution in [0.1, 0.15) is 239 Å². The van der Waals surface area contributed by atoms with Gasteiger partial charge in [-0.15, -0.1) is 0 Å². The average molecular weight is 903 g/mol. The van der Waals surface area contributed by atoms with Crippen LogP contribution in [0.3, 0.4) is 0 Å². The van der Waals surface area contributed by atoms with Crippen molar-refractivity contribution in [3.05, 3.63) is 97.2 Å². The fourth-order valence-electron chi connectivity index (χ4n) is 7.24. The second-order valence-electron chi connectivity index (χ2n) is 17.6. The molecule has 0 saturated carbocycles. The van der Waals surface area contributed by atoms with E-state index in [-0.39, 0.29) is 31.1 Å². The van der Waals surface area contributed by atoms with Gasteiger partial charge in [-0.25, -0.2) is 0 Å². The number of ether oxygens (including phenoxy) is 3. The van der Waals surface area contributed by atoms with Gasteiger partial charge in [-0.05, 0) is 64.2 Å². The Bertz CT molecular complexity index is 1310. The molecule has 0 amide bonds. The summed E-state index contributed by atoms with van der Waals surface area (Å²) in [4.78, 5) is 38.0. The number of rotatable bonds is 47. The third-order valence-electron chi connectivity index (χ3n) is 11.3. The van der Waals surface area contributed by atoms with Crippen molar-refractivity contribution in [1.29, 1.82) is 0 Å². The van der Waals surface area contributed by atoms with Crippen molar-refractivity contribution in [2.45, 2.75) is 245 Å². The van der Waals surface area contributed by atoms with Crippen LogP contribution in [-0.2, 0) is 28.6 Å². The Kier molecular flexibility index (Phi) is 50.0. The van der Waals surface area contributed by atoms with E-state index in [4.69, 9.17) is 14.2 Å². The Morgan fingerprint density at radius 3 is 1.03 bits per heavy atom. The van der Waals surface area contributed by atoms with E-state index in [1.165, 1.54) is 116 Å². The summed E-state index contributed by atoms with van der Waals surface area (Å²) in [6.45, 7) is 6.43. The lowest BCUT2D eigenvalue weighted by Crippen LogP contribution is -2.30. The number of carbonyl (C=O) groups is 3. The molecule has 0 saturated heterocycles. The molecular formula is C59H98O6. The average Bonchev–Trinajstić information content (AvgIpc) is 3.30. The van der Waals surface area contributed by atoms with E-state index >= 15 is 0 Å². The summed E-state index contributed by atoms with van der Waals surface area (Å²) >= 11 is 0. The molecule has 0 N–H and O–H groups in total. The van der Waals surface area contributed by atoms with Crippen molar-refractivity contribution in [2.24, 2.45) is 0 Å². The van der Waals surface area contributed by atoms with Crippen LogP contribution >= 0.6 is 0 Å². The van der Waals surface area contributed by atoms with Gasteiger partial charge in [0.25, 0.3) is 0 Å². The van der Waals surface area contributed by atoms with Crippen molar-refractivity contribution in [3.8, 4) is 0 Å². The number of hydrogen-bond acceptors (Lipinski definition) is 6. The smallest absolute Gasteiger partial charge is 0.306 e. The van der Waals surface area contributed by atoms with Crippen molar-refractivity contribution >= 4 is 17.9 Å². The molecule has 0 aliphatic rings. The molecule has 0 aromatic carbocycles. The SMILES string of the molecule is CC\C=C/C=C\C=C/C=C\C=C\C=C/C=C\CCCCCC(=O)OCC(COC(=O)CCCCCCC/C=C\CCCCC)OC(=O)CCCCCCCCCCCCCCCCCC. The first-order valence-corrected chi connectivity index (χ1v) is 26.8. The summed E-state index contributed by atoms with van der Waals surface area (Å²) < 4.78 is 16.8. The van der Waals surface area contributed by atoms with E-state index in [0.29, 0.717) is 19.3 Å². The van der Waals surface area contributed by atoms with E-state index in [1.54, 1.807) is 0 Å². The van der Waals surface area contributed by atoms with E-state index in [9.17, 15) is 14.4 Å². The van der Waals surface area contributed by atoms with Crippen LogP contribution in [-0.4, -0.2) is 37.2 Å². The molecule has 0 spiro atoms. The highest BCUT2D eigenvalue weighted by atomic mass is 16.6. The molecule has 0 rings (SSSR count). The number of unbranched alkanes of at least 4 members (excludes halogenated alkanes) is 26. The van der Waals surface area contributed by atoms with Crippen LogP contribution in [0.2, 0.25) is 0 Å². The fourth-order valence-corrected chi connectivity index (χ4v) is 7.24. The fraction of sp³-hybridized carbons (Fsp3) is 0.678. The van der Waals surface area contributed by atoms with E-state index in [2.05, 4.69) is 45.1 Å². The molecule has 6 nitrogen and oxygen atoms in total. The van der Waals surface area contributed by atoms with Crippen molar-refractivity contribution in [2.75, 3.05) is 13.2 Å². The van der Waals surface area contributed by atoms with Crippen LogP contribution in [0.5, 0.6) is 0 Å². The van der Waals surface area contributed by atoms with Gasteiger partial charge in [0.2, 0.25) is 0 Å². The lowest BCUT2D eigenvalue weighted by molar-refractivity contribution is -0.167. The third-order valence-corrected chi connectivity index (χ3v) is 11.3. The van der Waals surface area contributed by atoms with E-state index in [1.807, 2.05) is 72.9 Å². The molecule has 0 aromatic heterocycles. The molecule has 65 heavy (non-hydrogen) atoms. The third kappa shape index (κ3) is 51.2. The van der Waals surface area contributed by atoms with Crippen LogP contribution in [0.25, 0.3) is 0 Å². The Hall–Kier alpha value is -3.67. The van der Waals surface area contributed by atoms with Crippen molar-refractivity contribution < 1.29 is 28.6 Å². The van der Waals surface area contributed by atoms with Crippen LogP contribution in [0.15, 0.2) is 97.2 Å². The molecule has 0 radical (unpaired) electrons. The number of hydrogen-bond donors (Lipinski definition) is 0. The van der Waals surface area contributed by atoms with Gasteiger partial charge in [0.05, 0.1) is 0 Å². The van der Waals surface area contributed by atoms with Crippen molar-refractivity contribution in [3.63, 3.8) is 0 Å². The molecule has 0 aliphatic heterocycles. The lowest BCUT2D eigenvalue weighted by atomic mass is 10.0. The summed E-state index contributed by atoms with van der Waals surface area (Å²) in [6, 6.07) is 0. The molecular weight excluding hydrogens is 805 g/mol. The van der Waals surface area contributed by atoms with Crippen molar-refractivity contribution in [1.82, 2.24) is 0 Å². The van der Waals surface area contributed by atoms with E-state index < -0.39 is 6.10 Å². The van der Waals surface area contributed by atoms with E-state index in [0.717, 1.165) is 83.5 Å². The summed E-state index contributed by atoms with van der Waals surface area (Å²) in [5.74, 6) is -0.949. The highest BCUT2D eigenvalue weighted by Gasteiger charge is 2.19. The second-order valence-corrected chi connectivity index (χ2v) is 17.6. The number of allylic oxidation sites excluding steroid dienone is 16. The Morgan fingerprint density at radius 2 is 0.615 bits per heavy atom. The summed E-state index contributed by atoms with van der Waals surface area (Å²) in [5.41, 5.74) is 0. The quantitative estimate of drug-likeness (QED) is 0.0199. The zero-order chi connectivity index (χ0) is 47.2. The minimum absolute atomic E-state index is 0.0960. The van der Waals surface area contributed by atoms with Crippen LogP contribution in [0, 0.1) is 0 Å². The maximum Gasteiger partial charge on any atom is 0.306 e. The van der Waals surface area contributed by atoms with Gasteiger partial charge in [0.15, 0.2) is 6.10 Å². The Labute approximate surface area is 400 Å². The lowest BCUT2D eigenvalue weighted by Gasteiger charge is -2.18. The second kappa shape index (κ2) is 52.9. The predicted octanol–water partition coefficient (Wildman–Crippen LogP) is 17.8. The Morgan fingerprint density at radius 1 is 0.323 bits per heavy atom. The maximum absolute atomic E-state index is 12.8. The standard InChI is InChI=1S/C59H98O6/c1-4-7-10-13-16-19-22-25-27-29-30-31-33-34-37-40-43-46-49-52-58(61)64-55-56(54-63-57(60)51-48-45-42-39-36-24-21-18-15-12-9-6-3)65-59(62)53-50-47-44-41-38-35-32-28-26-23-20-17-14-11-8-5-2/h7,10,13,16,18-19,21-22,25,27,29-31,33-34,37,56H,4-6,8-9,11-12,14-15,17,20,23-24,26,28,32,35-36,38-55H2,1-3H3/b10-7-,16-13-,21-18-,22-19-,27-25-,30-29+,33-31-,37-34-. The monoisotopic (exact) mass is 903 g/mol. The van der Waals surface area contributed by atoms with Gasteiger partial charge in [0, 0.05) is 19.3 Å². The normalized spacial score (nSPS) is 12.8. The number of carbonyl (C=O) groups excluding carboxylic acids is 3. The molecule has 370 valence electrons. The van der Waals surface area contributed by atoms with Gasteiger partial charge in [-0.3, -0.25) is 14.4 Å². The van der Waals surface area contributed by atoms with Gasteiger partial charge >= 0.3 is 17.9 Å². The minimum Gasteiger partial charge on any atom is -0.462 e. The molecule has 1 atom stereocenters. The van der Waals surface area contributed by atoms with Gasteiger partial charge < -0.3 is 14.2 Å².